The summed E-state index contributed by atoms with van der Waals surface area (Å²) in [6.07, 6.45) is 1.16. The minimum absolute atomic E-state index is 0.149. The summed E-state index contributed by atoms with van der Waals surface area (Å²) < 4.78 is 26.5. The molecule has 0 aliphatic carbocycles. The van der Waals surface area contributed by atoms with Crippen LogP contribution in [0.25, 0.3) is 0 Å². The SMILES string of the molecule is Cc1ccc(C)c(C(C)NC(=O)c2ccccc2N(Cc2ccccc2)S(C)(=O)=O)c1. The highest BCUT2D eigenvalue weighted by Crippen LogP contribution is 2.26. The molecule has 3 aromatic rings. The van der Waals surface area contributed by atoms with Gasteiger partial charge in [0.1, 0.15) is 0 Å². The Balaban J connectivity index is 1.94. The number of sulfonamides is 1. The number of hydrogen-bond donors (Lipinski definition) is 1. The van der Waals surface area contributed by atoms with Crippen LogP contribution in [0.1, 0.15) is 45.6 Å². The molecule has 1 N–H and O–H groups in total. The normalized spacial score (nSPS) is 12.3. The van der Waals surface area contributed by atoms with Crippen molar-refractivity contribution in [1.82, 2.24) is 5.32 Å². The van der Waals surface area contributed by atoms with E-state index in [1.807, 2.05) is 63.2 Å². The summed E-state index contributed by atoms with van der Waals surface area (Å²) in [7, 11) is -3.61. The van der Waals surface area contributed by atoms with Crippen LogP contribution >= 0.6 is 0 Å². The second kappa shape index (κ2) is 9.35. The first kappa shape index (κ1) is 22.6. The van der Waals surface area contributed by atoms with Gasteiger partial charge in [-0.3, -0.25) is 9.10 Å². The van der Waals surface area contributed by atoms with E-state index in [0.29, 0.717) is 11.3 Å². The fourth-order valence-corrected chi connectivity index (χ4v) is 4.49. The molecule has 0 aliphatic rings. The van der Waals surface area contributed by atoms with Gasteiger partial charge in [-0.15, -0.1) is 0 Å². The van der Waals surface area contributed by atoms with Crippen LogP contribution in [-0.4, -0.2) is 20.6 Å². The Morgan fingerprint density at radius 3 is 2.29 bits per heavy atom. The summed E-state index contributed by atoms with van der Waals surface area (Å²) in [5.74, 6) is -0.314. The average molecular weight is 437 g/mol. The largest absolute Gasteiger partial charge is 0.345 e. The van der Waals surface area contributed by atoms with Crippen LogP contribution in [0, 0.1) is 13.8 Å². The molecule has 0 aliphatic heterocycles. The number of rotatable bonds is 7. The Hall–Kier alpha value is -3.12. The fourth-order valence-electron chi connectivity index (χ4n) is 3.59. The number of benzene rings is 3. The van der Waals surface area contributed by atoms with Gasteiger partial charge in [0.15, 0.2) is 0 Å². The highest BCUT2D eigenvalue weighted by Gasteiger charge is 2.24. The maximum Gasteiger partial charge on any atom is 0.253 e. The predicted molar refractivity (Wildman–Crippen MR) is 126 cm³/mol. The molecule has 0 bridgehead atoms. The molecule has 1 atom stereocenters. The Bertz CT molecular complexity index is 1170. The van der Waals surface area contributed by atoms with E-state index in [9.17, 15) is 13.2 Å². The fraction of sp³-hybridized carbons (Fsp3) is 0.240. The third kappa shape index (κ3) is 5.52. The first-order valence-electron chi connectivity index (χ1n) is 10.2. The smallest absolute Gasteiger partial charge is 0.253 e. The van der Waals surface area contributed by atoms with E-state index >= 15 is 0 Å². The van der Waals surface area contributed by atoms with Gasteiger partial charge in [0.05, 0.1) is 30.1 Å². The Morgan fingerprint density at radius 1 is 0.968 bits per heavy atom. The average Bonchev–Trinajstić information content (AvgIpc) is 2.73. The van der Waals surface area contributed by atoms with Crippen LogP contribution in [0.2, 0.25) is 0 Å². The number of nitrogens with one attached hydrogen (secondary N) is 1. The lowest BCUT2D eigenvalue weighted by Crippen LogP contribution is -2.33. The molecule has 0 saturated carbocycles. The topological polar surface area (TPSA) is 66.5 Å². The number of amides is 1. The van der Waals surface area contributed by atoms with E-state index < -0.39 is 10.0 Å². The monoisotopic (exact) mass is 436 g/mol. The van der Waals surface area contributed by atoms with Crippen molar-refractivity contribution in [2.24, 2.45) is 0 Å². The Morgan fingerprint density at radius 2 is 1.61 bits per heavy atom. The third-order valence-electron chi connectivity index (χ3n) is 5.24. The Kier molecular flexibility index (Phi) is 6.81. The third-order valence-corrected chi connectivity index (χ3v) is 6.36. The number of anilines is 1. The van der Waals surface area contributed by atoms with Crippen molar-refractivity contribution in [2.75, 3.05) is 10.6 Å². The van der Waals surface area contributed by atoms with Gasteiger partial charge in [-0.25, -0.2) is 8.42 Å². The van der Waals surface area contributed by atoms with E-state index in [1.54, 1.807) is 24.3 Å². The Labute approximate surface area is 184 Å². The second-order valence-corrected chi connectivity index (χ2v) is 9.73. The number of nitrogens with zero attached hydrogens (tertiary/aromatic N) is 1. The quantitative estimate of drug-likeness (QED) is 0.581. The van der Waals surface area contributed by atoms with E-state index in [4.69, 9.17) is 0 Å². The van der Waals surface area contributed by atoms with Crippen LogP contribution in [0.4, 0.5) is 5.69 Å². The highest BCUT2D eigenvalue weighted by atomic mass is 32.2. The summed E-state index contributed by atoms with van der Waals surface area (Å²) in [4.78, 5) is 13.2. The van der Waals surface area contributed by atoms with Crippen LogP contribution in [0.3, 0.4) is 0 Å². The van der Waals surface area contributed by atoms with Crippen molar-refractivity contribution in [3.8, 4) is 0 Å². The van der Waals surface area contributed by atoms with Crippen molar-refractivity contribution < 1.29 is 13.2 Å². The summed E-state index contributed by atoms with van der Waals surface area (Å²) in [6.45, 7) is 6.11. The molecule has 6 heteroatoms. The lowest BCUT2D eigenvalue weighted by Gasteiger charge is -2.25. The van der Waals surface area contributed by atoms with Gasteiger partial charge >= 0.3 is 0 Å². The van der Waals surface area contributed by atoms with Crippen molar-refractivity contribution >= 4 is 21.6 Å². The minimum Gasteiger partial charge on any atom is -0.345 e. The van der Waals surface area contributed by atoms with Gasteiger partial charge in [-0.05, 0) is 49.6 Å². The first-order valence-corrected chi connectivity index (χ1v) is 12.0. The molecule has 0 heterocycles. The van der Waals surface area contributed by atoms with Crippen molar-refractivity contribution in [2.45, 2.75) is 33.4 Å². The van der Waals surface area contributed by atoms with Gasteiger partial charge < -0.3 is 5.32 Å². The van der Waals surface area contributed by atoms with E-state index in [0.717, 1.165) is 28.5 Å². The van der Waals surface area contributed by atoms with Gasteiger partial charge in [0.2, 0.25) is 10.0 Å². The number of para-hydroxylation sites is 1. The lowest BCUT2D eigenvalue weighted by molar-refractivity contribution is 0.0940. The standard InChI is InChI=1S/C25H28N2O3S/c1-18-14-15-19(2)23(16-18)20(3)26-25(28)22-12-8-9-13-24(22)27(31(4,29)30)17-21-10-6-5-7-11-21/h5-16,20H,17H2,1-4H3,(H,26,28). The van der Waals surface area contributed by atoms with Gasteiger partial charge in [-0.2, -0.15) is 0 Å². The number of carbonyl (C=O) groups is 1. The van der Waals surface area contributed by atoms with E-state index in [2.05, 4.69) is 11.4 Å². The molecule has 31 heavy (non-hydrogen) atoms. The molecule has 0 radical (unpaired) electrons. The van der Waals surface area contributed by atoms with Crippen molar-refractivity contribution in [3.63, 3.8) is 0 Å². The number of aryl methyl sites for hydroxylation is 2. The summed E-state index contributed by atoms with van der Waals surface area (Å²) >= 11 is 0. The van der Waals surface area contributed by atoms with E-state index in [1.165, 1.54) is 4.31 Å². The zero-order valence-electron chi connectivity index (χ0n) is 18.3. The number of carbonyl (C=O) groups excluding carboxylic acids is 1. The number of hydrogen-bond acceptors (Lipinski definition) is 3. The highest BCUT2D eigenvalue weighted by molar-refractivity contribution is 7.92. The molecule has 5 nitrogen and oxygen atoms in total. The molecule has 3 aromatic carbocycles. The van der Waals surface area contributed by atoms with Gasteiger partial charge in [0.25, 0.3) is 5.91 Å². The molecule has 0 aromatic heterocycles. The van der Waals surface area contributed by atoms with Crippen LogP contribution in [0.15, 0.2) is 72.8 Å². The van der Waals surface area contributed by atoms with Crippen LogP contribution in [-0.2, 0) is 16.6 Å². The molecule has 3 rings (SSSR count). The maximum atomic E-state index is 13.2. The zero-order chi connectivity index (χ0) is 22.6. The van der Waals surface area contributed by atoms with Crippen molar-refractivity contribution in [1.29, 1.82) is 0 Å². The molecule has 162 valence electrons. The molecular weight excluding hydrogens is 408 g/mol. The van der Waals surface area contributed by atoms with Gasteiger partial charge in [-0.1, -0.05) is 66.2 Å². The summed E-state index contributed by atoms with van der Waals surface area (Å²) in [6, 6.07) is 22.0. The molecule has 1 unspecified atom stereocenters. The molecule has 1 amide bonds. The summed E-state index contributed by atoms with van der Waals surface area (Å²) in [5, 5.41) is 3.03. The van der Waals surface area contributed by atoms with Crippen molar-refractivity contribution in [3.05, 3.63) is 101 Å². The van der Waals surface area contributed by atoms with Crippen LogP contribution < -0.4 is 9.62 Å². The molecule has 0 fully saturated rings. The second-order valence-electron chi connectivity index (χ2n) is 7.83. The zero-order valence-corrected chi connectivity index (χ0v) is 19.1. The minimum atomic E-state index is -3.61. The maximum absolute atomic E-state index is 13.2. The summed E-state index contributed by atoms with van der Waals surface area (Å²) in [5.41, 5.74) is 4.77. The van der Waals surface area contributed by atoms with Crippen LogP contribution in [0.5, 0.6) is 0 Å². The molecular formula is C25H28N2O3S. The lowest BCUT2D eigenvalue weighted by atomic mass is 9.99. The molecule has 0 spiro atoms. The molecule has 0 saturated heterocycles. The first-order chi connectivity index (χ1) is 14.7. The van der Waals surface area contributed by atoms with E-state index in [-0.39, 0.29) is 18.5 Å². The predicted octanol–water partition coefficient (Wildman–Crippen LogP) is 4.76. The van der Waals surface area contributed by atoms with Gasteiger partial charge in [0, 0.05) is 0 Å².